The molecule has 0 radical (unpaired) electrons. The van der Waals surface area contributed by atoms with E-state index in [1.165, 1.54) is 18.1 Å². The Morgan fingerprint density at radius 3 is 1.95 bits per heavy atom. The molecule has 0 N–H and O–H groups in total. The molecule has 4 aromatic rings. The Hall–Kier alpha value is -3.34. The highest BCUT2D eigenvalue weighted by Gasteiger charge is 2.26. The minimum Gasteiger partial charge on any atom is -0.339 e. The summed E-state index contributed by atoms with van der Waals surface area (Å²) in [6.07, 6.45) is 5.71. The average molecular weight is 594 g/mol. The van der Waals surface area contributed by atoms with Gasteiger partial charge in [-0.25, -0.2) is 16.8 Å². The summed E-state index contributed by atoms with van der Waals surface area (Å²) < 4.78 is 52.9. The lowest BCUT2D eigenvalue weighted by Gasteiger charge is -2.31. The zero-order valence-corrected chi connectivity index (χ0v) is 24.9. The van der Waals surface area contributed by atoms with Crippen LogP contribution in [-0.4, -0.2) is 64.0 Å². The molecule has 10 heteroatoms. The number of piperidine rings is 1. The molecular formula is C31H35N3O5S2. The number of sulfone groups is 2. The first-order valence-electron chi connectivity index (χ1n) is 13.7. The summed E-state index contributed by atoms with van der Waals surface area (Å²) in [4.78, 5) is 7.75. The quantitative estimate of drug-likeness (QED) is 0.256. The van der Waals surface area contributed by atoms with Gasteiger partial charge in [0.05, 0.1) is 9.79 Å². The molecule has 5 rings (SSSR count). The molecule has 8 nitrogen and oxygen atoms in total. The zero-order valence-electron chi connectivity index (χ0n) is 23.3. The Balaban J connectivity index is 1.17. The van der Waals surface area contributed by atoms with Gasteiger partial charge >= 0.3 is 0 Å². The van der Waals surface area contributed by atoms with E-state index in [4.69, 9.17) is 4.52 Å². The molecule has 2 heterocycles. The van der Waals surface area contributed by atoms with E-state index in [2.05, 4.69) is 27.2 Å². The van der Waals surface area contributed by atoms with Crippen molar-refractivity contribution >= 4 is 19.7 Å². The highest BCUT2D eigenvalue weighted by atomic mass is 32.2. The largest absolute Gasteiger partial charge is 0.339 e. The molecule has 0 unspecified atom stereocenters. The van der Waals surface area contributed by atoms with Crippen LogP contribution in [0.25, 0.3) is 0 Å². The van der Waals surface area contributed by atoms with Crippen LogP contribution in [0.5, 0.6) is 0 Å². The van der Waals surface area contributed by atoms with Crippen LogP contribution >= 0.6 is 0 Å². The predicted octanol–water partition coefficient (Wildman–Crippen LogP) is 4.87. The number of hydrogen-bond donors (Lipinski definition) is 0. The Kier molecular flexibility index (Phi) is 8.72. The van der Waals surface area contributed by atoms with Gasteiger partial charge in [-0.15, -0.1) is 0 Å². The van der Waals surface area contributed by atoms with Gasteiger partial charge in [0.2, 0.25) is 5.89 Å². The second-order valence-corrected chi connectivity index (χ2v) is 14.9. The highest BCUT2D eigenvalue weighted by molar-refractivity contribution is 7.91. The van der Waals surface area contributed by atoms with Crippen LogP contribution in [-0.2, 0) is 26.1 Å². The molecule has 0 amide bonds. The van der Waals surface area contributed by atoms with Gasteiger partial charge in [-0.05, 0) is 79.9 Å². The van der Waals surface area contributed by atoms with E-state index < -0.39 is 19.7 Å². The minimum atomic E-state index is -3.23. The molecule has 0 saturated carbocycles. The molecule has 0 aliphatic carbocycles. The summed E-state index contributed by atoms with van der Waals surface area (Å²) in [5.41, 5.74) is 3.26. The molecule has 1 aliphatic rings. The topological polar surface area (TPSA) is 110 Å². The van der Waals surface area contributed by atoms with Gasteiger partial charge in [-0.2, -0.15) is 4.98 Å². The van der Waals surface area contributed by atoms with E-state index in [0.29, 0.717) is 27.9 Å². The first-order valence-corrected chi connectivity index (χ1v) is 17.5. The first kappa shape index (κ1) is 29.2. The van der Waals surface area contributed by atoms with E-state index in [-0.39, 0.29) is 11.8 Å². The maximum absolute atomic E-state index is 11.9. The summed E-state index contributed by atoms with van der Waals surface area (Å²) in [5, 5.41) is 4.17. The van der Waals surface area contributed by atoms with Crippen LogP contribution in [0.1, 0.15) is 59.5 Å². The fraction of sp³-hybridized carbons (Fsp3) is 0.355. The third-order valence-electron chi connectivity index (χ3n) is 7.78. The first-order chi connectivity index (χ1) is 19.6. The van der Waals surface area contributed by atoms with Crippen molar-refractivity contribution in [3.8, 4) is 0 Å². The van der Waals surface area contributed by atoms with Crippen molar-refractivity contribution in [3.05, 3.63) is 107 Å². The Morgan fingerprint density at radius 2 is 1.37 bits per heavy atom. The number of nitrogens with zero attached hydrogens (tertiary/aromatic N) is 3. The van der Waals surface area contributed by atoms with Gasteiger partial charge in [0.1, 0.15) is 0 Å². The van der Waals surface area contributed by atoms with Gasteiger partial charge < -0.3 is 9.42 Å². The van der Waals surface area contributed by atoms with Crippen LogP contribution in [0.15, 0.2) is 93.2 Å². The monoisotopic (exact) mass is 593 g/mol. The third kappa shape index (κ3) is 7.49. The van der Waals surface area contributed by atoms with Gasteiger partial charge in [-0.1, -0.05) is 59.8 Å². The third-order valence-corrected chi connectivity index (χ3v) is 10.0. The van der Waals surface area contributed by atoms with Crippen LogP contribution in [0.3, 0.4) is 0 Å². The van der Waals surface area contributed by atoms with Crippen molar-refractivity contribution in [2.45, 2.75) is 47.3 Å². The molecule has 0 spiro atoms. The van der Waals surface area contributed by atoms with Crippen molar-refractivity contribution in [1.29, 1.82) is 0 Å². The molecular weight excluding hydrogens is 558 g/mol. The molecule has 1 saturated heterocycles. The van der Waals surface area contributed by atoms with E-state index >= 15 is 0 Å². The standard InChI is InChI=1S/C31H35N3O5S2/c1-40(35,36)27-12-8-23(9-13-27)22-30-32-31(39-33-30)26-16-19-34(20-17-26)21-18-29(24-6-4-3-5-7-24)25-10-14-28(15-11-25)41(2,37)38/h3-15,26,29H,16-22H2,1-2H3/t29-/m0/s1. The van der Waals surface area contributed by atoms with E-state index in [1.54, 1.807) is 36.4 Å². The summed E-state index contributed by atoms with van der Waals surface area (Å²) >= 11 is 0. The Labute approximate surface area is 242 Å². The van der Waals surface area contributed by atoms with Crippen LogP contribution in [0.2, 0.25) is 0 Å². The zero-order chi connectivity index (χ0) is 29.0. The minimum absolute atomic E-state index is 0.174. The molecule has 1 atom stereocenters. The number of rotatable bonds is 10. The van der Waals surface area contributed by atoms with Gasteiger partial charge in [0, 0.05) is 30.8 Å². The predicted molar refractivity (Wildman–Crippen MR) is 158 cm³/mol. The van der Waals surface area contributed by atoms with Crippen molar-refractivity contribution in [2.24, 2.45) is 0 Å². The average Bonchev–Trinajstić information content (AvgIpc) is 3.42. The molecule has 0 bridgehead atoms. The van der Waals surface area contributed by atoms with E-state index in [9.17, 15) is 16.8 Å². The fourth-order valence-electron chi connectivity index (χ4n) is 5.42. The number of hydrogen-bond acceptors (Lipinski definition) is 8. The van der Waals surface area contributed by atoms with Gasteiger partial charge in [0.25, 0.3) is 0 Å². The van der Waals surface area contributed by atoms with E-state index in [0.717, 1.165) is 50.0 Å². The maximum atomic E-state index is 11.9. The van der Waals surface area contributed by atoms with Crippen molar-refractivity contribution in [2.75, 3.05) is 32.1 Å². The molecule has 216 valence electrons. The van der Waals surface area contributed by atoms with Crippen LogP contribution in [0, 0.1) is 0 Å². The molecule has 1 aliphatic heterocycles. The molecule has 1 aromatic heterocycles. The maximum Gasteiger partial charge on any atom is 0.229 e. The fourth-order valence-corrected chi connectivity index (χ4v) is 6.68. The van der Waals surface area contributed by atoms with Crippen molar-refractivity contribution < 1.29 is 21.4 Å². The molecule has 3 aromatic carbocycles. The highest BCUT2D eigenvalue weighted by Crippen LogP contribution is 2.31. The van der Waals surface area contributed by atoms with Crippen molar-refractivity contribution in [1.82, 2.24) is 15.0 Å². The number of benzene rings is 3. The number of likely N-dealkylation sites (tertiary alicyclic amines) is 1. The number of aromatic nitrogens is 2. The second kappa shape index (κ2) is 12.3. The lowest BCUT2D eigenvalue weighted by molar-refractivity contribution is 0.190. The SMILES string of the molecule is CS(=O)(=O)c1ccc(Cc2noc(C3CCN(CC[C@@H](c4ccccc4)c4ccc(S(C)(=O)=O)cc4)CC3)n2)cc1. The van der Waals surface area contributed by atoms with Crippen LogP contribution < -0.4 is 0 Å². The Bertz CT molecular complexity index is 1660. The van der Waals surface area contributed by atoms with Gasteiger partial charge in [0.15, 0.2) is 25.5 Å². The lowest BCUT2D eigenvalue weighted by atomic mass is 9.88. The van der Waals surface area contributed by atoms with Crippen molar-refractivity contribution in [3.63, 3.8) is 0 Å². The van der Waals surface area contributed by atoms with Crippen LogP contribution in [0.4, 0.5) is 0 Å². The molecule has 1 fully saturated rings. The summed E-state index contributed by atoms with van der Waals surface area (Å²) in [6.45, 7) is 2.80. The van der Waals surface area contributed by atoms with E-state index in [1.807, 2.05) is 30.3 Å². The Morgan fingerprint density at radius 1 is 0.805 bits per heavy atom. The normalized spacial score (nSPS) is 16.0. The smallest absolute Gasteiger partial charge is 0.229 e. The molecule has 41 heavy (non-hydrogen) atoms. The summed E-state index contributed by atoms with van der Waals surface area (Å²) in [7, 11) is -6.46. The second-order valence-electron chi connectivity index (χ2n) is 10.9. The summed E-state index contributed by atoms with van der Waals surface area (Å²) in [5.74, 6) is 1.66. The lowest BCUT2D eigenvalue weighted by Crippen LogP contribution is -2.34. The van der Waals surface area contributed by atoms with Gasteiger partial charge in [-0.3, -0.25) is 0 Å². The summed E-state index contributed by atoms with van der Waals surface area (Å²) in [6, 6.07) is 24.4.